The Labute approximate surface area is 162 Å². The van der Waals surface area contributed by atoms with Crippen LogP contribution in [-0.2, 0) is 17.1 Å². The highest BCUT2D eigenvalue weighted by molar-refractivity contribution is 7.89. The van der Waals surface area contributed by atoms with Crippen molar-refractivity contribution in [2.45, 2.75) is 23.7 Å². The van der Waals surface area contributed by atoms with Crippen LogP contribution >= 0.6 is 0 Å². The van der Waals surface area contributed by atoms with Crippen molar-refractivity contribution in [2.24, 2.45) is 7.05 Å². The smallest absolute Gasteiger partial charge is 0.335 e. The number of sulfonamides is 1. The SMILES string of the molecule is Cn1nc2cccc(S(=O)(=O)N3CCCC(c4cccc(C(=O)O)c4)C3)c2n1. The maximum Gasteiger partial charge on any atom is 0.335 e. The molecule has 9 heteroatoms. The molecule has 28 heavy (non-hydrogen) atoms. The summed E-state index contributed by atoms with van der Waals surface area (Å²) in [6.07, 6.45) is 1.52. The lowest BCUT2D eigenvalue weighted by atomic mass is 9.91. The Morgan fingerprint density at radius 3 is 2.75 bits per heavy atom. The summed E-state index contributed by atoms with van der Waals surface area (Å²) in [6.45, 7) is 0.732. The number of carbonyl (C=O) groups is 1. The van der Waals surface area contributed by atoms with Gasteiger partial charge >= 0.3 is 5.97 Å². The van der Waals surface area contributed by atoms with Gasteiger partial charge in [0.25, 0.3) is 0 Å². The lowest BCUT2D eigenvalue weighted by molar-refractivity contribution is 0.0696. The molecule has 1 atom stereocenters. The molecule has 4 rings (SSSR count). The molecule has 1 aliphatic heterocycles. The molecule has 1 aromatic heterocycles. The third kappa shape index (κ3) is 3.27. The van der Waals surface area contributed by atoms with E-state index < -0.39 is 16.0 Å². The molecule has 0 saturated carbocycles. The summed E-state index contributed by atoms with van der Waals surface area (Å²) in [5.41, 5.74) is 1.95. The summed E-state index contributed by atoms with van der Waals surface area (Å²) in [6, 6.07) is 11.7. The highest BCUT2D eigenvalue weighted by Crippen LogP contribution is 2.32. The summed E-state index contributed by atoms with van der Waals surface area (Å²) in [7, 11) is -2.09. The fourth-order valence-electron chi connectivity index (χ4n) is 3.72. The minimum absolute atomic E-state index is 0.0520. The van der Waals surface area contributed by atoms with Crippen molar-refractivity contribution < 1.29 is 18.3 Å². The van der Waals surface area contributed by atoms with E-state index in [0.717, 1.165) is 12.0 Å². The van der Waals surface area contributed by atoms with Crippen LogP contribution in [0.15, 0.2) is 47.4 Å². The lowest BCUT2D eigenvalue weighted by Gasteiger charge is -2.32. The maximum absolute atomic E-state index is 13.3. The van der Waals surface area contributed by atoms with Gasteiger partial charge in [0.05, 0.1) is 5.56 Å². The zero-order chi connectivity index (χ0) is 19.9. The van der Waals surface area contributed by atoms with Gasteiger partial charge in [-0.2, -0.15) is 19.3 Å². The van der Waals surface area contributed by atoms with E-state index in [1.165, 1.54) is 15.2 Å². The number of hydrogen-bond acceptors (Lipinski definition) is 5. The van der Waals surface area contributed by atoms with Crippen molar-refractivity contribution in [3.8, 4) is 0 Å². The molecule has 1 aliphatic rings. The summed E-state index contributed by atoms with van der Waals surface area (Å²) < 4.78 is 28.1. The Morgan fingerprint density at radius 1 is 1.18 bits per heavy atom. The van der Waals surface area contributed by atoms with Crippen LogP contribution in [0.4, 0.5) is 0 Å². The highest BCUT2D eigenvalue weighted by Gasteiger charge is 2.33. The molecule has 1 saturated heterocycles. The molecule has 1 fully saturated rings. The first-order valence-electron chi connectivity index (χ1n) is 9.00. The summed E-state index contributed by atoms with van der Waals surface area (Å²) in [4.78, 5) is 12.8. The second kappa shape index (κ2) is 6.99. The Kier molecular flexibility index (Phi) is 4.64. The predicted molar refractivity (Wildman–Crippen MR) is 103 cm³/mol. The van der Waals surface area contributed by atoms with Crippen LogP contribution in [0.1, 0.15) is 34.7 Å². The molecule has 0 amide bonds. The first kappa shape index (κ1) is 18.6. The van der Waals surface area contributed by atoms with Gasteiger partial charge in [0, 0.05) is 20.1 Å². The van der Waals surface area contributed by atoms with Crippen molar-refractivity contribution in [2.75, 3.05) is 13.1 Å². The Hall–Kier alpha value is -2.78. The van der Waals surface area contributed by atoms with Gasteiger partial charge in [-0.3, -0.25) is 0 Å². The number of aryl methyl sites for hydroxylation is 1. The van der Waals surface area contributed by atoms with Crippen LogP contribution in [0.25, 0.3) is 11.0 Å². The molecular formula is C19H20N4O4S. The van der Waals surface area contributed by atoms with Crippen LogP contribution < -0.4 is 0 Å². The molecule has 1 N–H and O–H groups in total. The Bertz CT molecular complexity index is 1160. The Balaban J connectivity index is 1.67. The third-order valence-electron chi connectivity index (χ3n) is 5.08. The third-order valence-corrected chi connectivity index (χ3v) is 6.98. The lowest BCUT2D eigenvalue weighted by Crippen LogP contribution is -2.39. The highest BCUT2D eigenvalue weighted by atomic mass is 32.2. The van der Waals surface area contributed by atoms with Crippen LogP contribution in [-0.4, -0.2) is 51.9 Å². The van der Waals surface area contributed by atoms with Gasteiger partial charge in [0.15, 0.2) is 0 Å². The van der Waals surface area contributed by atoms with E-state index in [4.69, 9.17) is 0 Å². The van der Waals surface area contributed by atoms with Crippen LogP contribution in [0.2, 0.25) is 0 Å². The monoisotopic (exact) mass is 400 g/mol. The fraction of sp³-hybridized carbons (Fsp3) is 0.316. The molecule has 2 heterocycles. The number of aromatic carboxylic acids is 1. The quantitative estimate of drug-likeness (QED) is 0.720. The largest absolute Gasteiger partial charge is 0.478 e. The van der Waals surface area contributed by atoms with Crippen molar-refractivity contribution in [3.05, 3.63) is 53.6 Å². The van der Waals surface area contributed by atoms with Gasteiger partial charge in [-0.25, -0.2) is 13.2 Å². The minimum atomic E-state index is -3.74. The van der Waals surface area contributed by atoms with E-state index in [1.54, 1.807) is 37.4 Å². The van der Waals surface area contributed by atoms with Gasteiger partial charge < -0.3 is 5.11 Å². The molecule has 0 bridgehead atoms. The molecular weight excluding hydrogens is 380 g/mol. The number of aromatic nitrogens is 3. The van der Waals surface area contributed by atoms with E-state index in [1.807, 2.05) is 6.07 Å². The molecule has 8 nitrogen and oxygen atoms in total. The Morgan fingerprint density at radius 2 is 1.96 bits per heavy atom. The second-order valence-corrected chi connectivity index (χ2v) is 8.85. The van der Waals surface area contributed by atoms with E-state index in [0.29, 0.717) is 30.5 Å². The maximum atomic E-state index is 13.3. The fourth-order valence-corrected chi connectivity index (χ4v) is 5.38. The molecule has 146 valence electrons. The first-order chi connectivity index (χ1) is 13.4. The van der Waals surface area contributed by atoms with Crippen molar-refractivity contribution in [1.29, 1.82) is 0 Å². The van der Waals surface area contributed by atoms with Gasteiger partial charge in [0.1, 0.15) is 15.9 Å². The number of fused-ring (bicyclic) bond motifs is 1. The van der Waals surface area contributed by atoms with Crippen molar-refractivity contribution >= 4 is 27.0 Å². The van der Waals surface area contributed by atoms with Gasteiger partial charge in [-0.05, 0) is 48.6 Å². The van der Waals surface area contributed by atoms with E-state index in [2.05, 4.69) is 10.2 Å². The van der Waals surface area contributed by atoms with E-state index >= 15 is 0 Å². The number of hydrogen-bond donors (Lipinski definition) is 1. The average Bonchev–Trinajstić information content (AvgIpc) is 3.08. The molecule has 2 aromatic carbocycles. The van der Waals surface area contributed by atoms with Gasteiger partial charge in [-0.15, -0.1) is 0 Å². The summed E-state index contributed by atoms with van der Waals surface area (Å²) in [5, 5.41) is 17.6. The molecule has 0 spiro atoms. The van der Waals surface area contributed by atoms with Crippen molar-refractivity contribution in [1.82, 2.24) is 19.3 Å². The van der Waals surface area contributed by atoms with Crippen LogP contribution in [0.5, 0.6) is 0 Å². The minimum Gasteiger partial charge on any atom is -0.478 e. The van der Waals surface area contributed by atoms with Gasteiger partial charge in [-0.1, -0.05) is 18.2 Å². The van der Waals surface area contributed by atoms with Crippen LogP contribution in [0.3, 0.4) is 0 Å². The number of nitrogens with zero attached hydrogens (tertiary/aromatic N) is 4. The van der Waals surface area contributed by atoms with E-state index in [9.17, 15) is 18.3 Å². The van der Waals surface area contributed by atoms with Crippen molar-refractivity contribution in [3.63, 3.8) is 0 Å². The summed E-state index contributed by atoms with van der Waals surface area (Å²) >= 11 is 0. The number of benzene rings is 2. The molecule has 1 unspecified atom stereocenters. The van der Waals surface area contributed by atoms with Crippen LogP contribution in [0, 0.1) is 0 Å². The standard InChI is InChI=1S/C19H20N4O4S/c1-22-20-16-8-3-9-17(18(16)21-22)28(26,27)23-10-4-7-15(12-23)13-5-2-6-14(11-13)19(24)25/h2-3,5-6,8-9,11,15H,4,7,10,12H2,1H3,(H,24,25). The number of carboxylic acid groups (broad SMARTS) is 1. The number of carboxylic acids is 1. The number of rotatable bonds is 4. The normalized spacial score (nSPS) is 18.4. The number of piperidine rings is 1. The first-order valence-corrected chi connectivity index (χ1v) is 10.4. The average molecular weight is 400 g/mol. The summed E-state index contributed by atoms with van der Waals surface area (Å²) in [5.74, 6) is -1.04. The topological polar surface area (TPSA) is 105 Å². The zero-order valence-corrected chi connectivity index (χ0v) is 16.1. The van der Waals surface area contributed by atoms with E-state index in [-0.39, 0.29) is 16.4 Å². The van der Waals surface area contributed by atoms with Gasteiger partial charge in [0.2, 0.25) is 10.0 Å². The zero-order valence-electron chi connectivity index (χ0n) is 15.3. The predicted octanol–water partition coefficient (Wildman–Crippen LogP) is 2.23. The molecule has 0 radical (unpaired) electrons. The molecule has 0 aliphatic carbocycles. The molecule has 3 aromatic rings. The second-order valence-electron chi connectivity index (χ2n) is 6.95.